The number of hydrogen-bond acceptors (Lipinski definition) is 2. The first-order chi connectivity index (χ1) is 9.16. The first-order valence-electron chi connectivity index (χ1n) is 6.53. The van der Waals surface area contributed by atoms with Crippen molar-refractivity contribution in [2.45, 2.75) is 33.6 Å². The fourth-order valence-electron chi connectivity index (χ4n) is 3.10. The third-order valence-electron chi connectivity index (χ3n) is 5.01. The second-order valence-corrected chi connectivity index (χ2v) is 6.89. The Morgan fingerprint density at radius 2 is 1.90 bits per heavy atom. The fraction of sp³-hybridized carbons (Fsp3) is 0.500. The molecule has 106 valence electrons. The predicted molar refractivity (Wildman–Crippen MR) is 75.8 cm³/mol. The van der Waals surface area contributed by atoms with E-state index < -0.39 is 11.7 Å². The molecule has 1 atom stereocenters. The Bertz CT molecular complexity index is 601. The summed E-state index contributed by atoms with van der Waals surface area (Å²) in [5, 5.41) is 9.24. The van der Waals surface area contributed by atoms with Gasteiger partial charge in [-0.25, -0.2) is 4.39 Å². The molecule has 0 aliphatic heterocycles. The average molecular weight is 294 g/mol. The summed E-state index contributed by atoms with van der Waals surface area (Å²) in [5.41, 5.74) is -0.272. The molecule has 1 aliphatic carbocycles. The minimum absolute atomic E-state index is 0.0649. The van der Waals surface area contributed by atoms with E-state index in [0.29, 0.717) is 0 Å². The molecule has 0 aromatic heterocycles. The molecule has 0 amide bonds. The van der Waals surface area contributed by atoms with Crippen molar-refractivity contribution in [1.82, 2.24) is 0 Å². The second kappa shape index (κ2) is 4.56. The molecule has 0 bridgehead atoms. The molecule has 0 heterocycles. The zero-order valence-electron chi connectivity index (χ0n) is 12.0. The van der Waals surface area contributed by atoms with E-state index in [4.69, 9.17) is 11.6 Å². The molecule has 4 heteroatoms. The standard InChI is InChI=1S/C16H17ClFNO/c1-15(2)14(16(15,3)4)13(20)10(8-19)9-6-5-7-11(17)12(9)18/h5-7,10,14H,1-4H3. The van der Waals surface area contributed by atoms with E-state index in [1.807, 2.05) is 33.8 Å². The molecule has 1 saturated carbocycles. The Kier molecular flexibility index (Phi) is 3.42. The van der Waals surface area contributed by atoms with Gasteiger partial charge in [0, 0.05) is 11.5 Å². The fourth-order valence-corrected chi connectivity index (χ4v) is 3.29. The van der Waals surface area contributed by atoms with Gasteiger partial charge in [-0.2, -0.15) is 5.26 Å². The number of carbonyl (C=O) groups excluding carboxylic acids is 1. The highest BCUT2D eigenvalue weighted by atomic mass is 35.5. The number of halogens is 2. The van der Waals surface area contributed by atoms with Crippen LogP contribution in [0.15, 0.2) is 18.2 Å². The van der Waals surface area contributed by atoms with Crippen molar-refractivity contribution in [3.63, 3.8) is 0 Å². The predicted octanol–water partition coefficient (Wildman–Crippen LogP) is 4.34. The summed E-state index contributed by atoms with van der Waals surface area (Å²) in [7, 11) is 0. The van der Waals surface area contributed by atoms with E-state index in [1.54, 1.807) is 6.07 Å². The minimum atomic E-state index is -1.10. The number of carbonyl (C=O) groups is 1. The van der Waals surface area contributed by atoms with Crippen molar-refractivity contribution >= 4 is 17.4 Å². The van der Waals surface area contributed by atoms with Crippen LogP contribution in [0.4, 0.5) is 4.39 Å². The summed E-state index contributed by atoms with van der Waals surface area (Å²) in [4.78, 5) is 12.6. The van der Waals surface area contributed by atoms with Crippen LogP contribution in [0.5, 0.6) is 0 Å². The quantitative estimate of drug-likeness (QED) is 0.832. The van der Waals surface area contributed by atoms with Crippen LogP contribution in [0, 0.1) is 33.9 Å². The number of hydrogen-bond donors (Lipinski definition) is 0. The second-order valence-electron chi connectivity index (χ2n) is 6.48. The maximum absolute atomic E-state index is 14.0. The summed E-state index contributed by atoms with van der Waals surface area (Å²) >= 11 is 5.73. The summed E-state index contributed by atoms with van der Waals surface area (Å²) < 4.78 is 14.0. The smallest absolute Gasteiger partial charge is 0.158 e. The van der Waals surface area contributed by atoms with Crippen molar-refractivity contribution in [2.24, 2.45) is 16.7 Å². The molecule has 2 rings (SSSR count). The van der Waals surface area contributed by atoms with E-state index in [1.165, 1.54) is 12.1 Å². The van der Waals surface area contributed by atoms with Gasteiger partial charge < -0.3 is 0 Å². The molecular formula is C16H17ClFNO. The van der Waals surface area contributed by atoms with Gasteiger partial charge in [0.15, 0.2) is 5.78 Å². The van der Waals surface area contributed by atoms with Gasteiger partial charge in [0.2, 0.25) is 0 Å². The van der Waals surface area contributed by atoms with Gasteiger partial charge in [-0.3, -0.25) is 4.79 Å². The Hall–Kier alpha value is -1.40. The molecule has 0 saturated heterocycles. The summed E-state index contributed by atoms with van der Waals surface area (Å²) in [6, 6.07) is 6.35. The highest BCUT2D eigenvalue weighted by Gasteiger charge is 2.68. The third kappa shape index (κ3) is 1.94. The van der Waals surface area contributed by atoms with Gasteiger partial charge in [-0.1, -0.05) is 51.4 Å². The van der Waals surface area contributed by atoms with E-state index in [-0.39, 0.29) is 33.1 Å². The zero-order chi connectivity index (χ0) is 15.3. The van der Waals surface area contributed by atoms with Crippen molar-refractivity contribution in [1.29, 1.82) is 5.26 Å². The summed E-state index contributed by atoms with van der Waals surface area (Å²) in [6.07, 6.45) is 0. The Balaban J connectivity index is 2.39. The lowest BCUT2D eigenvalue weighted by Gasteiger charge is -2.11. The van der Waals surface area contributed by atoms with Crippen LogP contribution >= 0.6 is 11.6 Å². The molecule has 1 aromatic carbocycles. The van der Waals surface area contributed by atoms with E-state index in [9.17, 15) is 14.4 Å². The molecule has 2 nitrogen and oxygen atoms in total. The SMILES string of the molecule is CC1(C)C(C(=O)C(C#N)c2cccc(Cl)c2F)C1(C)C. The Morgan fingerprint density at radius 3 is 2.35 bits per heavy atom. The number of nitrogens with zero attached hydrogens (tertiary/aromatic N) is 1. The molecular weight excluding hydrogens is 277 g/mol. The summed E-state index contributed by atoms with van der Waals surface area (Å²) in [6.45, 7) is 7.99. The van der Waals surface area contributed by atoms with Gasteiger partial charge in [-0.05, 0) is 16.9 Å². The van der Waals surface area contributed by atoms with Gasteiger partial charge in [0.1, 0.15) is 11.7 Å². The van der Waals surface area contributed by atoms with Crippen LogP contribution in [0.1, 0.15) is 39.2 Å². The molecule has 1 fully saturated rings. The van der Waals surface area contributed by atoms with Crippen molar-refractivity contribution in [3.8, 4) is 6.07 Å². The molecule has 1 aliphatic rings. The van der Waals surface area contributed by atoms with Crippen molar-refractivity contribution in [2.75, 3.05) is 0 Å². The maximum Gasteiger partial charge on any atom is 0.158 e. The molecule has 0 spiro atoms. The van der Waals surface area contributed by atoms with Crippen LogP contribution in [0.2, 0.25) is 5.02 Å². The minimum Gasteiger partial charge on any atom is -0.297 e. The highest BCUT2D eigenvalue weighted by molar-refractivity contribution is 6.30. The van der Waals surface area contributed by atoms with Crippen LogP contribution in [-0.2, 0) is 4.79 Å². The van der Waals surface area contributed by atoms with E-state index in [2.05, 4.69) is 0 Å². The number of rotatable bonds is 3. The van der Waals surface area contributed by atoms with E-state index in [0.717, 1.165) is 0 Å². The molecule has 1 aromatic rings. The normalized spacial score (nSPS) is 21.1. The van der Waals surface area contributed by atoms with E-state index >= 15 is 0 Å². The highest BCUT2D eigenvalue weighted by Crippen LogP contribution is 2.69. The molecule has 0 N–H and O–H groups in total. The topological polar surface area (TPSA) is 40.9 Å². The monoisotopic (exact) mass is 293 g/mol. The molecule has 1 unspecified atom stereocenters. The van der Waals surface area contributed by atoms with Crippen LogP contribution in [0.3, 0.4) is 0 Å². The summed E-state index contributed by atoms with van der Waals surface area (Å²) in [5.74, 6) is -2.23. The van der Waals surface area contributed by atoms with Gasteiger partial charge in [0.05, 0.1) is 11.1 Å². The van der Waals surface area contributed by atoms with Gasteiger partial charge in [-0.15, -0.1) is 0 Å². The lowest BCUT2D eigenvalue weighted by atomic mass is 9.90. The number of Topliss-reactive ketones (excluding diaryl/α,β-unsaturated/α-hetero) is 1. The number of benzene rings is 1. The Labute approximate surface area is 123 Å². The molecule has 0 radical (unpaired) electrons. The van der Waals surface area contributed by atoms with Crippen LogP contribution < -0.4 is 0 Å². The third-order valence-corrected chi connectivity index (χ3v) is 5.30. The van der Waals surface area contributed by atoms with Crippen LogP contribution in [-0.4, -0.2) is 5.78 Å². The lowest BCUT2D eigenvalue weighted by Crippen LogP contribution is -2.17. The Morgan fingerprint density at radius 1 is 1.35 bits per heavy atom. The zero-order valence-corrected chi connectivity index (χ0v) is 12.8. The number of nitriles is 1. The first-order valence-corrected chi connectivity index (χ1v) is 6.91. The molecule has 20 heavy (non-hydrogen) atoms. The lowest BCUT2D eigenvalue weighted by molar-refractivity contribution is -0.121. The number of ketones is 1. The van der Waals surface area contributed by atoms with Crippen LogP contribution in [0.25, 0.3) is 0 Å². The van der Waals surface area contributed by atoms with Gasteiger partial charge >= 0.3 is 0 Å². The van der Waals surface area contributed by atoms with Gasteiger partial charge in [0.25, 0.3) is 0 Å². The first kappa shape index (κ1) is 15.0. The van der Waals surface area contributed by atoms with Crippen molar-refractivity contribution in [3.05, 3.63) is 34.6 Å². The average Bonchev–Trinajstić information content (AvgIpc) is 2.76. The maximum atomic E-state index is 14.0. The largest absolute Gasteiger partial charge is 0.297 e. The van der Waals surface area contributed by atoms with Crippen molar-refractivity contribution < 1.29 is 9.18 Å².